The molecule has 10 fully saturated rings. The van der Waals surface area contributed by atoms with E-state index < -0.39 is 161 Å². The standard InChI is InChI=1S/C50H82O23/c1-19-7-10-50(65-17-19)20(2)32-28(73-50)12-24-22-6-5-21-11-27(25(54)13-49(21,4)23(22)8-9-48(24,32)3)66-45-40(63)37(60)41(31(16-53)69-45)70-47-43(72-46-39(62)36(59)34(57)29(14-51)67-46)42(35(58)30(15-52)68-47)71-44-38(61)33(56)26(55)18-64-44/h19-47,51-63H,5-18H2,1-4H3. The van der Waals surface area contributed by atoms with Crippen molar-refractivity contribution >= 4 is 0 Å². The van der Waals surface area contributed by atoms with Crippen molar-refractivity contribution in [1.82, 2.24) is 0 Å². The summed E-state index contributed by atoms with van der Waals surface area (Å²) in [6, 6.07) is 0. The maximum Gasteiger partial charge on any atom is 0.187 e. The molecule has 6 saturated heterocycles. The Balaban J connectivity index is 0.824. The van der Waals surface area contributed by atoms with Gasteiger partial charge in [-0.15, -0.1) is 0 Å². The quantitative estimate of drug-likeness (QED) is 0.0902. The van der Waals surface area contributed by atoms with Crippen LogP contribution < -0.4 is 0 Å². The number of rotatable bonds is 11. The Morgan fingerprint density at radius 2 is 1.15 bits per heavy atom. The number of aliphatic hydroxyl groups is 13. The van der Waals surface area contributed by atoms with E-state index in [0.717, 1.165) is 51.6 Å². The minimum Gasteiger partial charge on any atom is -0.394 e. The van der Waals surface area contributed by atoms with E-state index in [1.807, 2.05) is 0 Å². The second-order valence-electron chi connectivity index (χ2n) is 24.0. The molecular weight excluding hydrogens is 969 g/mol. The Morgan fingerprint density at radius 1 is 0.521 bits per heavy atom. The van der Waals surface area contributed by atoms with Gasteiger partial charge in [-0.25, -0.2) is 0 Å². The van der Waals surface area contributed by atoms with Crippen LogP contribution in [0.25, 0.3) is 0 Å². The van der Waals surface area contributed by atoms with Crippen molar-refractivity contribution in [2.45, 2.75) is 226 Å². The molecule has 0 radical (unpaired) electrons. The van der Waals surface area contributed by atoms with Crippen molar-refractivity contribution < 1.29 is 114 Å². The molecule has 0 aromatic heterocycles. The zero-order chi connectivity index (χ0) is 52.2. The van der Waals surface area contributed by atoms with Crippen molar-refractivity contribution in [2.24, 2.45) is 52.3 Å². The molecule has 420 valence electrons. The van der Waals surface area contributed by atoms with Gasteiger partial charge in [-0.05, 0) is 97.7 Å². The summed E-state index contributed by atoms with van der Waals surface area (Å²) in [5.41, 5.74) is -0.0565. The molecule has 6 heterocycles. The first-order chi connectivity index (χ1) is 34.7. The highest BCUT2D eigenvalue weighted by atomic mass is 16.8. The first kappa shape index (κ1) is 55.4. The first-order valence-corrected chi connectivity index (χ1v) is 26.8. The largest absolute Gasteiger partial charge is 0.394 e. The smallest absolute Gasteiger partial charge is 0.187 e. The summed E-state index contributed by atoms with van der Waals surface area (Å²) < 4.78 is 61.1. The summed E-state index contributed by atoms with van der Waals surface area (Å²) in [4.78, 5) is 0. The second kappa shape index (κ2) is 21.3. The van der Waals surface area contributed by atoms with Crippen LogP contribution in [-0.2, 0) is 47.4 Å². The molecule has 32 atom stereocenters. The van der Waals surface area contributed by atoms with Gasteiger partial charge in [-0.2, -0.15) is 0 Å². The van der Waals surface area contributed by atoms with E-state index in [9.17, 15) is 66.4 Å². The van der Waals surface area contributed by atoms with Crippen LogP contribution in [0, 0.1) is 52.3 Å². The highest BCUT2D eigenvalue weighted by molar-refractivity contribution is 5.16. The van der Waals surface area contributed by atoms with Gasteiger partial charge in [-0.1, -0.05) is 27.7 Å². The van der Waals surface area contributed by atoms with Gasteiger partial charge in [0.1, 0.15) is 91.6 Å². The lowest BCUT2D eigenvalue weighted by atomic mass is 9.44. The zero-order valence-corrected chi connectivity index (χ0v) is 42.0. The zero-order valence-electron chi connectivity index (χ0n) is 42.0. The lowest BCUT2D eigenvalue weighted by Gasteiger charge is -2.62. The Hall–Kier alpha value is -0.920. The van der Waals surface area contributed by atoms with E-state index in [1.54, 1.807) is 0 Å². The van der Waals surface area contributed by atoms with Crippen molar-refractivity contribution in [2.75, 3.05) is 33.0 Å². The molecule has 73 heavy (non-hydrogen) atoms. The summed E-state index contributed by atoms with van der Waals surface area (Å²) in [5, 5.41) is 141. The lowest BCUT2D eigenvalue weighted by Crippen LogP contribution is -2.68. The third-order valence-corrected chi connectivity index (χ3v) is 20.0. The molecular formula is C50H82O23. The minimum absolute atomic E-state index is 0.130. The van der Waals surface area contributed by atoms with Crippen LogP contribution in [0.5, 0.6) is 0 Å². The summed E-state index contributed by atoms with van der Waals surface area (Å²) in [6.07, 6.45) is -27.2. The molecule has 10 aliphatic rings. The van der Waals surface area contributed by atoms with E-state index in [1.165, 1.54) is 0 Å². The Bertz CT molecular complexity index is 1860. The maximum absolute atomic E-state index is 12.0. The van der Waals surface area contributed by atoms with Gasteiger partial charge in [0, 0.05) is 12.3 Å². The predicted molar refractivity (Wildman–Crippen MR) is 244 cm³/mol. The third kappa shape index (κ3) is 9.49. The van der Waals surface area contributed by atoms with Crippen LogP contribution in [0.3, 0.4) is 0 Å². The van der Waals surface area contributed by atoms with Crippen molar-refractivity contribution in [3.05, 3.63) is 0 Å². The van der Waals surface area contributed by atoms with E-state index in [0.29, 0.717) is 48.3 Å². The highest BCUT2D eigenvalue weighted by Crippen LogP contribution is 2.71. The van der Waals surface area contributed by atoms with Gasteiger partial charge in [-0.3, -0.25) is 0 Å². The molecule has 0 aromatic rings. The monoisotopic (exact) mass is 1050 g/mol. The third-order valence-electron chi connectivity index (χ3n) is 20.0. The Kier molecular flexibility index (Phi) is 16.1. The first-order valence-electron chi connectivity index (χ1n) is 26.8. The average molecular weight is 1050 g/mol. The molecule has 23 nitrogen and oxygen atoms in total. The topological polar surface area (TPSA) is 355 Å². The summed E-state index contributed by atoms with van der Waals surface area (Å²) in [6.45, 7) is 7.02. The van der Waals surface area contributed by atoms with Crippen LogP contribution in [0.1, 0.15) is 85.5 Å². The van der Waals surface area contributed by atoms with Crippen molar-refractivity contribution in [3.8, 4) is 0 Å². The van der Waals surface area contributed by atoms with Crippen LogP contribution in [0.2, 0.25) is 0 Å². The van der Waals surface area contributed by atoms with Gasteiger partial charge >= 0.3 is 0 Å². The molecule has 13 N–H and O–H groups in total. The molecule has 0 bridgehead atoms. The molecule has 6 aliphatic heterocycles. The van der Waals surface area contributed by atoms with Gasteiger partial charge < -0.3 is 114 Å². The molecule has 32 unspecified atom stereocenters. The molecule has 4 aliphatic carbocycles. The summed E-state index contributed by atoms with van der Waals surface area (Å²) in [5.74, 6) is 2.34. The minimum atomic E-state index is -2.02. The molecule has 4 saturated carbocycles. The molecule has 10 rings (SSSR count). The summed E-state index contributed by atoms with van der Waals surface area (Å²) in [7, 11) is 0. The number of hydrogen-bond donors (Lipinski definition) is 13. The summed E-state index contributed by atoms with van der Waals surface area (Å²) >= 11 is 0. The number of hydrogen-bond acceptors (Lipinski definition) is 23. The predicted octanol–water partition coefficient (Wildman–Crippen LogP) is -3.30. The highest BCUT2D eigenvalue weighted by Gasteiger charge is 2.70. The van der Waals surface area contributed by atoms with E-state index in [2.05, 4.69) is 27.7 Å². The van der Waals surface area contributed by atoms with E-state index >= 15 is 0 Å². The second-order valence-corrected chi connectivity index (χ2v) is 24.0. The fourth-order valence-corrected chi connectivity index (χ4v) is 15.9. The van der Waals surface area contributed by atoms with Gasteiger partial charge in [0.15, 0.2) is 30.9 Å². The normalized spacial score (nSPS) is 58.2. The average Bonchev–Trinajstić information content (AvgIpc) is 3.82. The van der Waals surface area contributed by atoms with Crippen LogP contribution >= 0.6 is 0 Å². The molecule has 0 amide bonds. The van der Waals surface area contributed by atoms with Crippen LogP contribution in [-0.4, -0.2) is 240 Å². The van der Waals surface area contributed by atoms with Gasteiger partial charge in [0.05, 0.1) is 51.3 Å². The van der Waals surface area contributed by atoms with Crippen LogP contribution in [0.4, 0.5) is 0 Å². The number of ether oxygens (including phenoxy) is 10. The molecule has 23 heteroatoms. The van der Waals surface area contributed by atoms with Crippen molar-refractivity contribution in [3.63, 3.8) is 0 Å². The van der Waals surface area contributed by atoms with E-state index in [4.69, 9.17) is 47.4 Å². The lowest BCUT2D eigenvalue weighted by molar-refractivity contribution is -0.404. The number of aliphatic hydroxyl groups excluding tert-OH is 13. The van der Waals surface area contributed by atoms with Gasteiger partial charge in [0.25, 0.3) is 0 Å². The van der Waals surface area contributed by atoms with E-state index in [-0.39, 0.29) is 22.9 Å². The fraction of sp³-hybridized carbons (Fsp3) is 1.00. The SMILES string of the molecule is CC1CCC2(OC1)OC1CC3C4CCC5CC(OC6OC(CO)C(OC7OC(CO)C(O)C(OC8OCC(O)C(O)C8O)C7OC7OC(CO)C(O)C(O)C7O)C(O)C6O)C(O)CC5(C)C4CCC3(C)C1C2C. The number of fused-ring (bicyclic) bond motifs is 7. The Morgan fingerprint density at radius 3 is 1.85 bits per heavy atom. The fourth-order valence-electron chi connectivity index (χ4n) is 15.9. The Labute approximate surface area is 424 Å². The molecule has 1 spiro atoms. The molecule has 0 aromatic carbocycles. The maximum atomic E-state index is 12.0. The van der Waals surface area contributed by atoms with Crippen molar-refractivity contribution in [1.29, 1.82) is 0 Å². The van der Waals surface area contributed by atoms with Gasteiger partial charge in [0.2, 0.25) is 0 Å². The van der Waals surface area contributed by atoms with Crippen LogP contribution in [0.15, 0.2) is 0 Å².